The van der Waals surface area contributed by atoms with Gasteiger partial charge in [0.1, 0.15) is 11.6 Å². The maximum atomic E-state index is 12.9. The number of piperazine rings is 1. The fourth-order valence-corrected chi connectivity index (χ4v) is 4.01. The summed E-state index contributed by atoms with van der Waals surface area (Å²) in [6.45, 7) is 4.66. The molecule has 1 aliphatic heterocycles. The van der Waals surface area contributed by atoms with Crippen LogP contribution in [0.5, 0.6) is 0 Å². The van der Waals surface area contributed by atoms with Crippen LogP contribution < -0.4 is 4.90 Å². The van der Waals surface area contributed by atoms with Gasteiger partial charge in [0.2, 0.25) is 0 Å². The van der Waals surface area contributed by atoms with E-state index in [1.807, 2.05) is 18.2 Å². The van der Waals surface area contributed by atoms with Gasteiger partial charge in [0, 0.05) is 44.5 Å². The first-order valence-corrected chi connectivity index (χ1v) is 10.5. The third kappa shape index (κ3) is 4.31. The largest absolute Gasteiger partial charge is 0.416 e. The second-order valence-electron chi connectivity index (χ2n) is 7.97. The van der Waals surface area contributed by atoms with Crippen molar-refractivity contribution in [3.8, 4) is 11.4 Å². The molecule has 0 unspecified atom stereocenters. The van der Waals surface area contributed by atoms with Crippen molar-refractivity contribution in [1.29, 1.82) is 0 Å². The zero-order chi connectivity index (χ0) is 22.1. The monoisotopic (exact) mass is 437 g/mol. The van der Waals surface area contributed by atoms with Crippen LogP contribution in [0.3, 0.4) is 0 Å². The molecule has 0 radical (unpaired) electrons. The number of alkyl halides is 3. The zero-order valence-corrected chi connectivity index (χ0v) is 17.3. The number of anilines is 1. The first-order chi connectivity index (χ1) is 15.5. The second kappa shape index (κ2) is 8.27. The van der Waals surface area contributed by atoms with Crippen LogP contribution in [0.25, 0.3) is 22.4 Å². The minimum Gasteiger partial charge on any atom is -0.354 e. The van der Waals surface area contributed by atoms with Crippen molar-refractivity contribution >= 4 is 16.9 Å². The summed E-state index contributed by atoms with van der Waals surface area (Å²) in [5.41, 5.74) is 2.21. The molecule has 1 saturated heterocycles. The number of rotatable bonds is 4. The molecule has 5 nitrogen and oxygen atoms in total. The maximum Gasteiger partial charge on any atom is 0.416 e. The molecule has 0 spiro atoms. The van der Waals surface area contributed by atoms with Crippen molar-refractivity contribution in [3.63, 3.8) is 0 Å². The van der Waals surface area contributed by atoms with E-state index in [1.54, 1.807) is 6.20 Å². The van der Waals surface area contributed by atoms with E-state index < -0.39 is 11.7 Å². The number of nitrogens with one attached hydrogen (secondary N) is 1. The molecule has 0 amide bonds. The third-order valence-electron chi connectivity index (χ3n) is 5.78. The molecule has 1 fully saturated rings. The molecule has 4 aromatic rings. The Morgan fingerprint density at radius 1 is 0.906 bits per heavy atom. The first kappa shape index (κ1) is 20.5. The summed E-state index contributed by atoms with van der Waals surface area (Å²) in [5.74, 6) is 1.40. The standard InChI is InChI=1S/C24H22F3N5/c25-24(26,27)19-7-8-20-21(14-19)30-23(29-20)18-6-9-22(28-15-18)32-12-10-31(11-13-32)16-17-4-2-1-3-5-17/h1-9,14-15H,10-13,16H2,(H,29,30). The molecule has 0 aliphatic carbocycles. The van der Waals surface area contributed by atoms with Crippen LogP contribution in [0.1, 0.15) is 11.1 Å². The topological polar surface area (TPSA) is 48.1 Å². The zero-order valence-electron chi connectivity index (χ0n) is 17.3. The predicted octanol–water partition coefficient (Wildman–Crippen LogP) is 4.97. The van der Waals surface area contributed by atoms with E-state index in [0.29, 0.717) is 16.9 Å². The number of halogens is 3. The Balaban J connectivity index is 1.25. The Labute approximate surface area is 183 Å². The molecular formula is C24H22F3N5. The molecule has 0 saturated carbocycles. The summed E-state index contributed by atoms with van der Waals surface area (Å²) >= 11 is 0. The number of aromatic amines is 1. The molecule has 3 heterocycles. The minimum absolute atomic E-state index is 0.355. The molecule has 0 bridgehead atoms. The number of nitrogens with zero attached hydrogens (tertiary/aromatic N) is 4. The van der Waals surface area contributed by atoms with E-state index in [2.05, 4.69) is 49.0 Å². The number of hydrogen-bond acceptors (Lipinski definition) is 4. The van der Waals surface area contributed by atoms with Crippen LogP contribution in [-0.4, -0.2) is 46.0 Å². The van der Waals surface area contributed by atoms with Gasteiger partial charge in [0.05, 0.1) is 16.6 Å². The van der Waals surface area contributed by atoms with E-state index in [0.717, 1.165) is 56.2 Å². The van der Waals surface area contributed by atoms with E-state index in [4.69, 9.17) is 0 Å². The summed E-state index contributed by atoms with van der Waals surface area (Å²) in [7, 11) is 0. The Morgan fingerprint density at radius 2 is 1.69 bits per heavy atom. The number of pyridine rings is 1. The van der Waals surface area contributed by atoms with Crippen LogP contribution in [-0.2, 0) is 12.7 Å². The van der Waals surface area contributed by atoms with Crippen molar-refractivity contribution in [3.05, 3.63) is 78.0 Å². The van der Waals surface area contributed by atoms with Gasteiger partial charge < -0.3 is 9.88 Å². The number of aromatic nitrogens is 3. The molecule has 2 aromatic heterocycles. The van der Waals surface area contributed by atoms with Gasteiger partial charge in [-0.2, -0.15) is 13.2 Å². The highest BCUT2D eigenvalue weighted by atomic mass is 19.4. The van der Waals surface area contributed by atoms with Gasteiger partial charge in [-0.3, -0.25) is 4.90 Å². The predicted molar refractivity (Wildman–Crippen MR) is 118 cm³/mol. The van der Waals surface area contributed by atoms with Gasteiger partial charge in [0.15, 0.2) is 0 Å². The molecule has 0 atom stereocenters. The Morgan fingerprint density at radius 3 is 2.38 bits per heavy atom. The Hall–Kier alpha value is -3.39. The van der Waals surface area contributed by atoms with Crippen molar-refractivity contribution in [2.75, 3.05) is 31.1 Å². The van der Waals surface area contributed by atoms with Crippen molar-refractivity contribution in [2.24, 2.45) is 0 Å². The van der Waals surface area contributed by atoms with Gasteiger partial charge in [-0.25, -0.2) is 9.97 Å². The number of benzene rings is 2. The summed E-state index contributed by atoms with van der Waals surface area (Å²) in [6, 6.07) is 17.8. The fourth-order valence-electron chi connectivity index (χ4n) is 4.01. The molecular weight excluding hydrogens is 415 g/mol. The highest BCUT2D eigenvalue weighted by Crippen LogP contribution is 2.31. The molecule has 5 rings (SSSR count). The smallest absolute Gasteiger partial charge is 0.354 e. The molecule has 1 aliphatic rings. The minimum atomic E-state index is -4.38. The average molecular weight is 437 g/mol. The van der Waals surface area contributed by atoms with E-state index in [9.17, 15) is 13.2 Å². The lowest BCUT2D eigenvalue weighted by Gasteiger charge is -2.35. The average Bonchev–Trinajstić information content (AvgIpc) is 3.23. The molecule has 1 N–H and O–H groups in total. The van der Waals surface area contributed by atoms with Crippen molar-refractivity contribution in [2.45, 2.75) is 12.7 Å². The number of fused-ring (bicyclic) bond motifs is 1. The maximum absolute atomic E-state index is 12.9. The van der Waals surface area contributed by atoms with Gasteiger partial charge in [0.25, 0.3) is 0 Å². The molecule has 32 heavy (non-hydrogen) atoms. The van der Waals surface area contributed by atoms with Crippen molar-refractivity contribution < 1.29 is 13.2 Å². The molecule has 164 valence electrons. The van der Waals surface area contributed by atoms with Gasteiger partial charge in [-0.1, -0.05) is 30.3 Å². The quantitative estimate of drug-likeness (QED) is 0.490. The molecule has 2 aromatic carbocycles. The lowest BCUT2D eigenvalue weighted by Crippen LogP contribution is -2.46. The highest BCUT2D eigenvalue weighted by molar-refractivity contribution is 5.80. The van der Waals surface area contributed by atoms with Crippen LogP contribution >= 0.6 is 0 Å². The van der Waals surface area contributed by atoms with Gasteiger partial charge in [-0.15, -0.1) is 0 Å². The van der Waals surface area contributed by atoms with E-state index in [-0.39, 0.29) is 0 Å². The highest BCUT2D eigenvalue weighted by Gasteiger charge is 2.30. The summed E-state index contributed by atoms with van der Waals surface area (Å²) in [5, 5.41) is 0. The van der Waals surface area contributed by atoms with Gasteiger partial charge in [-0.05, 0) is 35.9 Å². The molecule has 8 heteroatoms. The van der Waals surface area contributed by atoms with Crippen LogP contribution in [0.2, 0.25) is 0 Å². The fraction of sp³-hybridized carbons (Fsp3) is 0.250. The SMILES string of the molecule is FC(F)(F)c1ccc2nc(-c3ccc(N4CCN(Cc5ccccc5)CC4)nc3)[nH]c2c1. The first-order valence-electron chi connectivity index (χ1n) is 10.5. The van der Waals surface area contributed by atoms with Gasteiger partial charge >= 0.3 is 6.18 Å². The van der Waals surface area contributed by atoms with E-state index >= 15 is 0 Å². The number of imidazole rings is 1. The van der Waals surface area contributed by atoms with Crippen LogP contribution in [0.15, 0.2) is 66.9 Å². The van der Waals surface area contributed by atoms with Crippen LogP contribution in [0, 0.1) is 0 Å². The van der Waals surface area contributed by atoms with E-state index in [1.165, 1.54) is 11.6 Å². The summed E-state index contributed by atoms with van der Waals surface area (Å²) < 4.78 is 38.8. The Bertz CT molecular complexity index is 1190. The number of hydrogen-bond donors (Lipinski definition) is 1. The lowest BCUT2D eigenvalue weighted by molar-refractivity contribution is -0.137. The third-order valence-corrected chi connectivity index (χ3v) is 5.78. The normalized spacial score (nSPS) is 15.4. The Kier molecular flexibility index (Phi) is 5.30. The van der Waals surface area contributed by atoms with Crippen molar-refractivity contribution in [1.82, 2.24) is 19.9 Å². The lowest BCUT2D eigenvalue weighted by atomic mass is 10.2. The summed E-state index contributed by atoms with van der Waals surface area (Å²) in [6.07, 6.45) is -2.66. The summed E-state index contributed by atoms with van der Waals surface area (Å²) in [4.78, 5) is 16.7. The number of H-pyrrole nitrogens is 1. The second-order valence-corrected chi connectivity index (χ2v) is 7.97. The van der Waals surface area contributed by atoms with Crippen LogP contribution in [0.4, 0.5) is 19.0 Å².